The van der Waals surface area contributed by atoms with Gasteiger partial charge in [0, 0.05) is 24.1 Å². The van der Waals surface area contributed by atoms with E-state index in [0.717, 1.165) is 11.4 Å². The lowest BCUT2D eigenvalue weighted by Crippen LogP contribution is -2.27. The highest BCUT2D eigenvalue weighted by atomic mass is 35.5. The van der Waals surface area contributed by atoms with Crippen LogP contribution >= 0.6 is 11.6 Å². The lowest BCUT2D eigenvalue weighted by atomic mass is 10.2. The van der Waals surface area contributed by atoms with Crippen LogP contribution in [-0.4, -0.2) is 8.97 Å². The van der Waals surface area contributed by atoms with Crippen LogP contribution in [0, 0.1) is 0 Å². The third kappa shape index (κ3) is 1.94. The molecule has 0 amide bonds. The zero-order chi connectivity index (χ0) is 14.3. The Morgan fingerprint density at radius 3 is 2.55 bits per heavy atom. The van der Waals surface area contributed by atoms with Gasteiger partial charge in [0.1, 0.15) is 5.52 Å². The molecule has 2 aromatic heterocycles. The fourth-order valence-electron chi connectivity index (χ4n) is 2.33. The molecular weight excluding hydrogens is 274 g/mol. The van der Waals surface area contributed by atoms with E-state index in [2.05, 4.69) is 0 Å². The average molecular weight is 288 g/mol. The number of nitrogens with zero attached hydrogens (tertiary/aromatic N) is 2. The lowest BCUT2D eigenvalue weighted by Gasteiger charge is -2.16. The highest BCUT2D eigenvalue weighted by Crippen LogP contribution is 2.20. The highest BCUT2D eigenvalue weighted by molar-refractivity contribution is 6.33. The average Bonchev–Trinajstić information content (AvgIpc) is 2.81. The van der Waals surface area contributed by atoms with Gasteiger partial charge in [0.25, 0.3) is 5.56 Å². The largest absolute Gasteiger partial charge is 0.323 e. The van der Waals surface area contributed by atoms with Crippen molar-refractivity contribution in [2.45, 2.75) is 13.0 Å². The van der Waals surface area contributed by atoms with Gasteiger partial charge in [-0.2, -0.15) is 0 Å². The summed E-state index contributed by atoms with van der Waals surface area (Å²) >= 11 is 6.10. The lowest BCUT2D eigenvalue weighted by molar-refractivity contribution is 0.718. The van der Waals surface area contributed by atoms with E-state index in [4.69, 9.17) is 17.3 Å². The number of aromatic nitrogens is 2. The molecule has 0 saturated carbocycles. The first-order chi connectivity index (χ1) is 9.59. The van der Waals surface area contributed by atoms with Crippen molar-refractivity contribution < 1.29 is 0 Å². The second-order valence-electron chi connectivity index (χ2n) is 4.74. The Hall–Kier alpha value is -2.04. The molecule has 3 aromatic rings. The summed E-state index contributed by atoms with van der Waals surface area (Å²) in [6.07, 6.45) is 3.61. The first kappa shape index (κ1) is 13.0. The summed E-state index contributed by atoms with van der Waals surface area (Å²) in [5.41, 5.74) is 7.82. The minimum atomic E-state index is -0.270. The Morgan fingerprint density at radius 1 is 1.20 bits per heavy atom. The molecular formula is C15H14ClN3O. The maximum absolute atomic E-state index is 12.7. The van der Waals surface area contributed by atoms with Crippen LogP contribution in [0.4, 0.5) is 0 Å². The number of hydrogen-bond acceptors (Lipinski definition) is 2. The Kier molecular flexibility index (Phi) is 3.12. The number of nitrogens with two attached hydrogens (primary N) is 1. The summed E-state index contributed by atoms with van der Waals surface area (Å²) in [6, 6.07) is 10.9. The molecule has 5 heteroatoms. The van der Waals surface area contributed by atoms with Gasteiger partial charge in [0.05, 0.1) is 10.7 Å². The van der Waals surface area contributed by atoms with E-state index >= 15 is 0 Å². The minimum absolute atomic E-state index is 0.166. The molecule has 0 aliphatic carbocycles. The standard InChI is InChI=1S/C15H14ClN3O/c1-10(17)13-9-18-8-7-12(16)14(18)15(20)19(13)11-5-3-2-4-6-11/h2-10H,17H2,1H3. The van der Waals surface area contributed by atoms with Gasteiger partial charge in [-0.1, -0.05) is 29.8 Å². The summed E-state index contributed by atoms with van der Waals surface area (Å²) in [7, 11) is 0. The Bertz CT molecular complexity index is 818. The SMILES string of the molecule is CC(N)c1cn2ccc(Cl)c2c(=O)n1-c1ccccc1. The predicted octanol–water partition coefficient (Wildman–Crippen LogP) is 2.76. The second kappa shape index (κ2) is 4.81. The maximum atomic E-state index is 12.7. The fourth-order valence-corrected chi connectivity index (χ4v) is 2.57. The van der Waals surface area contributed by atoms with Gasteiger partial charge >= 0.3 is 0 Å². The van der Waals surface area contributed by atoms with Crippen LogP contribution < -0.4 is 11.3 Å². The van der Waals surface area contributed by atoms with E-state index in [1.807, 2.05) is 43.5 Å². The van der Waals surface area contributed by atoms with Crippen molar-refractivity contribution in [1.82, 2.24) is 8.97 Å². The van der Waals surface area contributed by atoms with Crippen LogP contribution in [0.5, 0.6) is 0 Å². The summed E-state index contributed by atoms with van der Waals surface area (Å²) in [6.45, 7) is 1.85. The molecule has 0 spiro atoms. The quantitative estimate of drug-likeness (QED) is 0.788. The van der Waals surface area contributed by atoms with Gasteiger partial charge in [-0.05, 0) is 25.1 Å². The van der Waals surface area contributed by atoms with E-state index in [1.54, 1.807) is 21.2 Å². The first-order valence-electron chi connectivity index (χ1n) is 6.32. The van der Waals surface area contributed by atoms with Crippen LogP contribution in [0.3, 0.4) is 0 Å². The van der Waals surface area contributed by atoms with E-state index < -0.39 is 0 Å². The Labute approximate surface area is 121 Å². The number of para-hydroxylation sites is 1. The predicted molar refractivity (Wildman–Crippen MR) is 80.6 cm³/mol. The molecule has 0 aliphatic heterocycles. The molecule has 3 rings (SSSR count). The van der Waals surface area contributed by atoms with Crippen molar-refractivity contribution in [2.75, 3.05) is 0 Å². The van der Waals surface area contributed by atoms with Gasteiger partial charge < -0.3 is 10.1 Å². The molecule has 1 atom stereocenters. The molecule has 0 saturated heterocycles. The highest BCUT2D eigenvalue weighted by Gasteiger charge is 2.15. The minimum Gasteiger partial charge on any atom is -0.323 e. The van der Waals surface area contributed by atoms with Crippen molar-refractivity contribution >= 4 is 17.1 Å². The van der Waals surface area contributed by atoms with E-state index in [9.17, 15) is 4.79 Å². The van der Waals surface area contributed by atoms with E-state index in [-0.39, 0.29) is 11.6 Å². The number of benzene rings is 1. The molecule has 1 aromatic carbocycles. The second-order valence-corrected chi connectivity index (χ2v) is 5.15. The van der Waals surface area contributed by atoms with Gasteiger partial charge in [0.15, 0.2) is 0 Å². The van der Waals surface area contributed by atoms with Crippen LogP contribution in [0.25, 0.3) is 11.2 Å². The molecule has 0 fully saturated rings. The molecule has 1 unspecified atom stereocenters. The topological polar surface area (TPSA) is 52.4 Å². The molecule has 0 bridgehead atoms. The number of fused-ring (bicyclic) bond motifs is 1. The smallest absolute Gasteiger partial charge is 0.281 e. The third-order valence-electron chi connectivity index (χ3n) is 3.28. The van der Waals surface area contributed by atoms with Crippen LogP contribution in [0.2, 0.25) is 5.02 Å². The van der Waals surface area contributed by atoms with Gasteiger partial charge in [0.2, 0.25) is 0 Å². The molecule has 4 nitrogen and oxygen atoms in total. The van der Waals surface area contributed by atoms with Gasteiger partial charge in [-0.15, -0.1) is 0 Å². The Balaban J connectivity index is 2.45. The van der Waals surface area contributed by atoms with Gasteiger partial charge in [-0.25, -0.2) is 0 Å². The summed E-state index contributed by atoms with van der Waals surface area (Å²) in [5, 5.41) is 0.441. The normalized spacial score (nSPS) is 12.8. The van der Waals surface area contributed by atoms with Crippen molar-refractivity contribution in [3.05, 3.63) is 69.9 Å². The zero-order valence-corrected chi connectivity index (χ0v) is 11.7. The number of rotatable bonds is 2. The number of halogens is 1. The third-order valence-corrected chi connectivity index (χ3v) is 3.59. The molecule has 102 valence electrons. The molecule has 0 radical (unpaired) electrons. The molecule has 2 N–H and O–H groups in total. The van der Waals surface area contributed by atoms with Crippen molar-refractivity contribution in [3.63, 3.8) is 0 Å². The van der Waals surface area contributed by atoms with E-state index in [0.29, 0.717) is 10.5 Å². The summed E-state index contributed by atoms with van der Waals surface area (Å²) < 4.78 is 3.34. The Morgan fingerprint density at radius 2 is 1.90 bits per heavy atom. The van der Waals surface area contributed by atoms with Gasteiger partial charge in [-0.3, -0.25) is 9.36 Å². The van der Waals surface area contributed by atoms with Crippen molar-refractivity contribution in [1.29, 1.82) is 0 Å². The zero-order valence-electron chi connectivity index (χ0n) is 11.0. The van der Waals surface area contributed by atoms with E-state index in [1.165, 1.54) is 0 Å². The van der Waals surface area contributed by atoms with Crippen molar-refractivity contribution in [3.8, 4) is 5.69 Å². The molecule has 0 aliphatic rings. The van der Waals surface area contributed by atoms with Crippen LogP contribution in [0.1, 0.15) is 18.7 Å². The first-order valence-corrected chi connectivity index (χ1v) is 6.70. The summed E-state index contributed by atoms with van der Waals surface area (Å²) in [5.74, 6) is 0. The van der Waals surface area contributed by atoms with Crippen molar-refractivity contribution in [2.24, 2.45) is 5.73 Å². The fraction of sp³-hybridized carbons (Fsp3) is 0.133. The summed E-state index contributed by atoms with van der Waals surface area (Å²) in [4.78, 5) is 12.7. The van der Waals surface area contributed by atoms with Crippen LogP contribution in [-0.2, 0) is 0 Å². The maximum Gasteiger partial charge on any atom is 0.281 e. The molecule has 2 heterocycles. The molecule has 20 heavy (non-hydrogen) atoms. The number of hydrogen-bond donors (Lipinski definition) is 1. The van der Waals surface area contributed by atoms with Crippen LogP contribution in [0.15, 0.2) is 53.6 Å². The monoisotopic (exact) mass is 287 g/mol.